The number of carbonyl (C=O) groups excluding carboxylic acids is 1. The van der Waals surface area contributed by atoms with E-state index < -0.39 is 0 Å². The largest absolute Gasteiger partial charge is 0.497 e. The SMILES string of the molecule is COc1cccc(C(CN2CCNCC2)NC(=O)c2cccc(-c3ccc4c(c3)C=NC4)c2)c1. The van der Waals surface area contributed by atoms with Gasteiger partial charge in [0.2, 0.25) is 0 Å². The van der Waals surface area contributed by atoms with Gasteiger partial charge in [-0.05, 0) is 58.1 Å². The number of hydrogen-bond acceptors (Lipinski definition) is 5. The molecule has 6 heteroatoms. The van der Waals surface area contributed by atoms with E-state index in [-0.39, 0.29) is 11.9 Å². The maximum Gasteiger partial charge on any atom is 0.251 e. The lowest BCUT2D eigenvalue weighted by atomic mass is 9.98. The summed E-state index contributed by atoms with van der Waals surface area (Å²) in [6, 6.07) is 22.0. The third-order valence-electron chi connectivity index (χ3n) is 6.55. The maximum atomic E-state index is 13.4. The zero-order chi connectivity index (χ0) is 23.3. The van der Waals surface area contributed by atoms with E-state index in [0.29, 0.717) is 5.56 Å². The Labute approximate surface area is 200 Å². The van der Waals surface area contributed by atoms with Crippen molar-refractivity contribution in [2.75, 3.05) is 39.8 Å². The highest BCUT2D eigenvalue weighted by Crippen LogP contribution is 2.26. The van der Waals surface area contributed by atoms with Crippen LogP contribution in [0.2, 0.25) is 0 Å². The van der Waals surface area contributed by atoms with Crippen molar-refractivity contribution in [3.05, 3.63) is 89.0 Å². The number of amides is 1. The number of fused-ring (bicyclic) bond motifs is 1. The molecule has 2 aliphatic rings. The quantitative estimate of drug-likeness (QED) is 0.572. The van der Waals surface area contributed by atoms with Crippen LogP contribution in [0.25, 0.3) is 11.1 Å². The summed E-state index contributed by atoms with van der Waals surface area (Å²) >= 11 is 0. The van der Waals surface area contributed by atoms with Gasteiger partial charge in [0.05, 0.1) is 19.7 Å². The number of nitrogens with one attached hydrogen (secondary N) is 2. The van der Waals surface area contributed by atoms with E-state index in [4.69, 9.17) is 4.74 Å². The van der Waals surface area contributed by atoms with E-state index in [9.17, 15) is 4.79 Å². The molecule has 6 nitrogen and oxygen atoms in total. The number of hydrogen-bond donors (Lipinski definition) is 2. The van der Waals surface area contributed by atoms with Gasteiger partial charge in [-0.25, -0.2) is 0 Å². The van der Waals surface area contributed by atoms with Crippen LogP contribution in [-0.2, 0) is 6.54 Å². The summed E-state index contributed by atoms with van der Waals surface area (Å²) in [6.07, 6.45) is 1.92. The van der Waals surface area contributed by atoms with E-state index in [0.717, 1.165) is 67.3 Å². The highest BCUT2D eigenvalue weighted by atomic mass is 16.5. The number of methoxy groups -OCH3 is 1. The zero-order valence-corrected chi connectivity index (χ0v) is 19.5. The monoisotopic (exact) mass is 454 g/mol. The van der Waals surface area contributed by atoms with Crippen LogP contribution >= 0.6 is 0 Å². The first-order valence-corrected chi connectivity index (χ1v) is 11.8. The predicted molar refractivity (Wildman–Crippen MR) is 136 cm³/mol. The lowest BCUT2D eigenvalue weighted by Gasteiger charge is -2.31. The third-order valence-corrected chi connectivity index (χ3v) is 6.55. The fourth-order valence-corrected chi connectivity index (χ4v) is 4.61. The molecule has 1 unspecified atom stereocenters. The van der Waals surface area contributed by atoms with Gasteiger partial charge in [0.15, 0.2) is 0 Å². The summed E-state index contributed by atoms with van der Waals surface area (Å²) in [5, 5.41) is 6.68. The molecular formula is C28H30N4O2. The topological polar surface area (TPSA) is 66.0 Å². The molecule has 2 N–H and O–H groups in total. The van der Waals surface area contributed by atoms with Crippen LogP contribution in [0.3, 0.4) is 0 Å². The summed E-state index contributed by atoms with van der Waals surface area (Å²) in [4.78, 5) is 20.1. The standard InChI is InChI=1S/C28H30N4O2/c1-34-26-7-3-5-22(16-26)27(19-32-12-10-29-11-13-32)31-28(33)23-6-2-4-20(14-23)21-8-9-24-17-30-18-25(24)15-21/h2-9,14-16,18,27,29H,10-13,17,19H2,1H3,(H,31,33). The molecule has 174 valence electrons. The van der Waals surface area contributed by atoms with Crippen molar-refractivity contribution in [2.24, 2.45) is 4.99 Å². The van der Waals surface area contributed by atoms with Crippen LogP contribution in [0, 0.1) is 0 Å². The highest BCUT2D eigenvalue weighted by molar-refractivity contribution is 5.96. The third kappa shape index (κ3) is 5.03. The van der Waals surface area contributed by atoms with E-state index in [2.05, 4.69) is 44.8 Å². The smallest absolute Gasteiger partial charge is 0.251 e. The molecule has 2 heterocycles. The second kappa shape index (κ2) is 10.2. The van der Waals surface area contributed by atoms with Crippen molar-refractivity contribution in [2.45, 2.75) is 12.6 Å². The number of ether oxygens (including phenoxy) is 1. The van der Waals surface area contributed by atoms with Crippen LogP contribution in [0.4, 0.5) is 0 Å². The van der Waals surface area contributed by atoms with Crippen molar-refractivity contribution >= 4 is 12.1 Å². The van der Waals surface area contributed by atoms with Crippen LogP contribution < -0.4 is 15.4 Å². The van der Waals surface area contributed by atoms with Crippen LogP contribution in [0.1, 0.15) is 33.1 Å². The van der Waals surface area contributed by atoms with E-state index in [1.807, 2.05) is 48.7 Å². The molecule has 3 aromatic carbocycles. The molecule has 0 aliphatic carbocycles. The molecule has 0 radical (unpaired) electrons. The minimum Gasteiger partial charge on any atom is -0.497 e. The van der Waals surface area contributed by atoms with Gasteiger partial charge < -0.3 is 15.4 Å². The van der Waals surface area contributed by atoms with Crippen molar-refractivity contribution in [3.63, 3.8) is 0 Å². The number of nitrogens with zero attached hydrogens (tertiary/aromatic N) is 2. The second-order valence-electron chi connectivity index (χ2n) is 8.82. The second-order valence-corrected chi connectivity index (χ2v) is 8.82. The molecular weight excluding hydrogens is 424 g/mol. The molecule has 1 saturated heterocycles. The minimum absolute atomic E-state index is 0.0764. The van der Waals surface area contributed by atoms with Crippen molar-refractivity contribution in [3.8, 4) is 16.9 Å². The van der Waals surface area contributed by atoms with E-state index in [1.54, 1.807) is 7.11 Å². The molecule has 2 aliphatic heterocycles. The molecule has 0 saturated carbocycles. The number of benzene rings is 3. The van der Waals surface area contributed by atoms with Gasteiger partial charge in [-0.15, -0.1) is 0 Å². The average molecular weight is 455 g/mol. The summed E-state index contributed by atoms with van der Waals surface area (Å²) < 4.78 is 5.44. The zero-order valence-electron chi connectivity index (χ0n) is 19.5. The number of carbonyl (C=O) groups is 1. The van der Waals surface area contributed by atoms with Gasteiger partial charge in [0.1, 0.15) is 5.75 Å². The first-order chi connectivity index (χ1) is 16.7. The first-order valence-electron chi connectivity index (χ1n) is 11.8. The summed E-state index contributed by atoms with van der Waals surface area (Å²) in [5.41, 5.74) is 6.20. The van der Waals surface area contributed by atoms with Crippen molar-refractivity contribution < 1.29 is 9.53 Å². The van der Waals surface area contributed by atoms with Gasteiger partial charge in [-0.2, -0.15) is 0 Å². The highest BCUT2D eigenvalue weighted by Gasteiger charge is 2.21. The van der Waals surface area contributed by atoms with Crippen molar-refractivity contribution in [1.82, 2.24) is 15.5 Å². The predicted octanol–water partition coefficient (Wildman–Crippen LogP) is 3.67. The Morgan fingerprint density at radius 2 is 1.88 bits per heavy atom. The average Bonchev–Trinajstić information content (AvgIpc) is 3.37. The molecule has 34 heavy (non-hydrogen) atoms. The normalized spacial score (nSPS) is 16.1. The Morgan fingerprint density at radius 1 is 1.06 bits per heavy atom. The molecule has 0 aromatic heterocycles. The lowest BCUT2D eigenvalue weighted by molar-refractivity contribution is 0.0921. The molecule has 1 amide bonds. The van der Waals surface area contributed by atoms with Crippen LogP contribution in [-0.4, -0.2) is 56.9 Å². The summed E-state index contributed by atoms with van der Waals surface area (Å²) in [6.45, 7) is 5.36. The van der Waals surface area contributed by atoms with Gasteiger partial charge in [0, 0.05) is 44.5 Å². The van der Waals surface area contributed by atoms with Crippen LogP contribution in [0.5, 0.6) is 5.75 Å². The fourth-order valence-electron chi connectivity index (χ4n) is 4.61. The molecule has 3 aromatic rings. The number of rotatable bonds is 7. The van der Waals surface area contributed by atoms with Gasteiger partial charge in [-0.1, -0.05) is 36.4 Å². The first kappa shape index (κ1) is 22.3. The van der Waals surface area contributed by atoms with Gasteiger partial charge >= 0.3 is 0 Å². The molecule has 5 rings (SSSR count). The Bertz CT molecular complexity index is 1200. The van der Waals surface area contributed by atoms with Crippen molar-refractivity contribution in [1.29, 1.82) is 0 Å². The number of piperazine rings is 1. The maximum absolute atomic E-state index is 13.4. The van der Waals surface area contributed by atoms with Gasteiger partial charge in [0.25, 0.3) is 5.91 Å². The molecule has 1 fully saturated rings. The Morgan fingerprint density at radius 3 is 2.74 bits per heavy atom. The Kier molecular flexibility index (Phi) is 6.70. The summed E-state index contributed by atoms with van der Waals surface area (Å²) in [5.74, 6) is 0.715. The number of aliphatic imine (C=N–C) groups is 1. The Hall–Kier alpha value is -3.48. The fraction of sp³-hybridized carbons (Fsp3) is 0.286. The molecule has 0 bridgehead atoms. The summed E-state index contributed by atoms with van der Waals surface area (Å²) in [7, 11) is 1.67. The van der Waals surface area contributed by atoms with Crippen LogP contribution in [0.15, 0.2) is 71.7 Å². The van der Waals surface area contributed by atoms with E-state index in [1.165, 1.54) is 5.56 Å². The lowest BCUT2D eigenvalue weighted by Crippen LogP contribution is -2.47. The molecule has 0 spiro atoms. The Balaban J connectivity index is 1.38. The van der Waals surface area contributed by atoms with E-state index >= 15 is 0 Å². The molecule has 1 atom stereocenters. The minimum atomic E-state index is -0.138. The van der Waals surface area contributed by atoms with Gasteiger partial charge in [-0.3, -0.25) is 14.7 Å².